The zero-order valence-electron chi connectivity index (χ0n) is 15.6. The van der Waals surface area contributed by atoms with Gasteiger partial charge in [0.1, 0.15) is 11.6 Å². The SMILES string of the molecule is CC(C)Oc1cc(N2CCC(c3nccn3CC3CC3)CC2)nc(N)n1. The minimum absolute atomic E-state index is 0.0632. The van der Waals surface area contributed by atoms with Crippen molar-refractivity contribution in [3.05, 3.63) is 24.3 Å². The number of aromatic nitrogens is 4. The zero-order chi connectivity index (χ0) is 18.1. The van der Waals surface area contributed by atoms with E-state index in [1.165, 1.54) is 18.7 Å². The topological polar surface area (TPSA) is 82.1 Å². The fourth-order valence-corrected chi connectivity index (χ4v) is 3.67. The molecule has 2 N–H and O–H groups in total. The monoisotopic (exact) mass is 356 g/mol. The Morgan fingerprint density at radius 3 is 2.65 bits per heavy atom. The summed E-state index contributed by atoms with van der Waals surface area (Å²) >= 11 is 0. The van der Waals surface area contributed by atoms with Gasteiger partial charge in [0.05, 0.1) is 6.10 Å². The quantitative estimate of drug-likeness (QED) is 0.857. The second kappa shape index (κ2) is 7.13. The van der Waals surface area contributed by atoms with Crippen LogP contribution in [0.4, 0.5) is 11.8 Å². The summed E-state index contributed by atoms with van der Waals surface area (Å²) in [6.07, 6.45) is 9.04. The van der Waals surface area contributed by atoms with Crippen molar-refractivity contribution in [2.24, 2.45) is 5.92 Å². The van der Waals surface area contributed by atoms with Gasteiger partial charge in [0.25, 0.3) is 0 Å². The minimum atomic E-state index is 0.0632. The lowest BCUT2D eigenvalue weighted by Crippen LogP contribution is -2.34. The Hall–Kier alpha value is -2.31. The second-order valence-corrected chi connectivity index (χ2v) is 7.73. The summed E-state index contributed by atoms with van der Waals surface area (Å²) in [7, 11) is 0. The average Bonchev–Trinajstić information content (AvgIpc) is 3.29. The van der Waals surface area contributed by atoms with Crippen molar-refractivity contribution in [1.29, 1.82) is 0 Å². The lowest BCUT2D eigenvalue weighted by Gasteiger charge is -2.33. The molecule has 7 heteroatoms. The van der Waals surface area contributed by atoms with Crippen molar-refractivity contribution in [2.75, 3.05) is 23.7 Å². The summed E-state index contributed by atoms with van der Waals surface area (Å²) in [5.41, 5.74) is 5.88. The predicted molar refractivity (Wildman–Crippen MR) is 101 cm³/mol. The molecule has 1 saturated carbocycles. The van der Waals surface area contributed by atoms with E-state index >= 15 is 0 Å². The van der Waals surface area contributed by atoms with Gasteiger partial charge in [-0.05, 0) is 45.4 Å². The second-order valence-electron chi connectivity index (χ2n) is 7.73. The summed E-state index contributed by atoms with van der Waals surface area (Å²) in [5, 5.41) is 0. The highest BCUT2D eigenvalue weighted by Gasteiger charge is 2.28. The van der Waals surface area contributed by atoms with E-state index in [1.807, 2.05) is 26.1 Å². The molecule has 2 aliphatic rings. The molecule has 2 fully saturated rings. The standard InChI is InChI=1S/C19H28N6O/c1-13(2)26-17-11-16(22-19(20)23-17)24-8-5-15(6-9-24)18-21-7-10-25(18)12-14-3-4-14/h7,10-11,13-15H,3-6,8-9,12H2,1-2H3,(H2,20,22,23). The third-order valence-corrected chi connectivity index (χ3v) is 5.15. The largest absolute Gasteiger partial charge is 0.475 e. The van der Waals surface area contributed by atoms with E-state index < -0.39 is 0 Å². The van der Waals surface area contributed by atoms with Crippen LogP contribution in [0.2, 0.25) is 0 Å². The maximum Gasteiger partial charge on any atom is 0.225 e. The average molecular weight is 356 g/mol. The van der Waals surface area contributed by atoms with Crippen molar-refractivity contribution >= 4 is 11.8 Å². The van der Waals surface area contributed by atoms with Crippen LogP contribution in [0.3, 0.4) is 0 Å². The Bertz CT molecular complexity index is 746. The van der Waals surface area contributed by atoms with Gasteiger partial charge in [-0.2, -0.15) is 9.97 Å². The van der Waals surface area contributed by atoms with Gasteiger partial charge in [-0.3, -0.25) is 0 Å². The Kier molecular flexibility index (Phi) is 4.70. The first-order valence-corrected chi connectivity index (χ1v) is 9.65. The van der Waals surface area contributed by atoms with Gasteiger partial charge in [0, 0.05) is 44.0 Å². The number of anilines is 2. The minimum Gasteiger partial charge on any atom is -0.475 e. The van der Waals surface area contributed by atoms with Crippen LogP contribution >= 0.6 is 0 Å². The first-order chi connectivity index (χ1) is 12.6. The van der Waals surface area contributed by atoms with E-state index in [9.17, 15) is 0 Å². The Labute approximate surface area is 154 Å². The summed E-state index contributed by atoms with van der Waals surface area (Å²) in [5.74, 6) is 4.30. The normalized spacial score (nSPS) is 18.5. The van der Waals surface area contributed by atoms with E-state index in [1.54, 1.807) is 0 Å². The van der Waals surface area contributed by atoms with Gasteiger partial charge >= 0.3 is 0 Å². The van der Waals surface area contributed by atoms with E-state index in [0.29, 0.717) is 11.8 Å². The fraction of sp³-hybridized carbons (Fsp3) is 0.632. The number of nitrogens with zero attached hydrogens (tertiary/aromatic N) is 5. The van der Waals surface area contributed by atoms with Gasteiger partial charge in [0.2, 0.25) is 11.8 Å². The molecule has 1 saturated heterocycles. The van der Waals surface area contributed by atoms with Crippen LogP contribution in [0.15, 0.2) is 18.5 Å². The number of rotatable bonds is 6. The number of imidazole rings is 1. The molecule has 0 amide bonds. The number of ether oxygens (including phenoxy) is 1. The van der Waals surface area contributed by atoms with Gasteiger partial charge in [-0.15, -0.1) is 0 Å². The lowest BCUT2D eigenvalue weighted by molar-refractivity contribution is 0.232. The highest BCUT2D eigenvalue weighted by atomic mass is 16.5. The van der Waals surface area contributed by atoms with Crippen LogP contribution in [0, 0.1) is 5.92 Å². The number of hydrogen-bond donors (Lipinski definition) is 1. The molecule has 0 atom stereocenters. The molecule has 0 aromatic carbocycles. The Morgan fingerprint density at radius 1 is 1.19 bits per heavy atom. The van der Waals surface area contributed by atoms with Gasteiger partial charge in [-0.1, -0.05) is 0 Å². The summed E-state index contributed by atoms with van der Waals surface area (Å²) < 4.78 is 8.06. The highest BCUT2D eigenvalue weighted by molar-refractivity contribution is 5.46. The Balaban J connectivity index is 1.42. The van der Waals surface area contributed by atoms with Crippen LogP contribution in [0.1, 0.15) is 51.3 Å². The van der Waals surface area contributed by atoms with E-state index in [-0.39, 0.29) is 12.1 Å². The molecule has 26 heavy (non-hydrogen) atoms. The molecule has 2 aromatic rings. The summed E-state index contributed by atoms with van der Waals surface area (Å²) in [6.45, 7) is 6.98. The maximum atomic E-state index is 5.88. The number of nitrogen functional groups attached to an aromatic ring is 1. The Morgan fingerprint density at radius 2 is 1.96 bits per heavy atom. The van der Waals surface area contributed by atoms with Crippen molar-refractivity contribution in [3.63, 3.8) is 0 Å². The molecule has 1 aliphatic carbocycles. The van der Waals surface area contributed by atoms with E-state index in [0.717, 1.165) is 44.2 Å². The third-order valence-electron chi connectivity index (χ3n) is 5.15. The molecule has 140 valence electrons. The van der Waals surface area contributed by atoms with Crippen molar-refractivity contribution in [2.45, 2.75) is 58.1 Å². The number of nitrogens with two attached hydrogens (primary N) is 1. The molecule has 0 radical (unpaired) electrons. The maximum absolute atomic E-state index is 5.88. The van der Waals surface area contributed by atoms with Crippen LogP contribution < -0.4 is 15.4 Å². The fourth-order valence-electron chi connectivity index (χ4n) is 3.67. The van der Waals surface area contributed by atoms with E-state index in [4.69, 9.17) is 10.5 Å². The number of piperidine rings is 1. The molecule has 3 heterocycles. The first kappa shape index (κ1) is 17.1. The van der Waals surface area contributed by atoms with Crippen molar-refractivity contribution in [3.8, 4) is 5.88 Å². The van der Waals surface area contributed by atoms with Crippen molar-refractivity contribution in [1.82, 2.24) is 19.5 Å². The van der Waals surface area contributed by atoms with E-state index in [2.05, 4.69) is 30.6 Å². The van der Waals surface area contributed by atoms with Crippen LogP contribution in [0.5, 0.6) is 5.88 Å². The van der Waals surface area contributed by atoms with Crippen molar-refractivity contribution < 1.29 is 4.74 Å². The van der Waals surface area contributed by atoms with Crippen LogP contribution in [0.25, 0.3) is 0 Å². The van der Waals surface area contributed by atoms with Gasteiger partial charge in [-0.25, -0.2) is 4.98 Å². The first-order valence-electron chi connectivity index (χ1n) is 9.65. The molecule has 0 spiro atoms. The highest BCUT2D eigenvalue weighted by Crippen LogP contribution is 2.34. The van der Waals surface area contributed by atoms with Crippen LogP contribution in [-0.2, 0) is 6.54 Å². The molecule has 2 aromatic heterocycles. The van der Waals surface area contributed by atoms with Gasteiger partial charge < -0.3 is 19.9 Å². The van der Waals surface area contributed by atoms with Gasteiger partial charge in [0.15, 0.2) is 0 Å². The molecule has 0 bridgehead atoms. The smallest absolute Gasteiger partial charge is 0.225 e. The molecular formula is C19H28N6O. The molecular weight excluding hydrogens is 328 g/mol. The zero-order valence-corrected chi connectivity index (χ0v) is 15.6. The summed E-state index contributed by atoms with van der Waals surface area (Å²) in [4.78, 5) is 15.5. The molecule has 7 nitrogen and oxygen atoms in total. The molecule has 4 rings (SSSR count). The third kappa shape index (κ3) is 3.92. The molecule has 1 aliphatic heterocycles. The van der Waals surface area contributed by atoms with Crippen LogP contribution in [-0.4, -0.2) is 38.7 Å². The molecule has 0 unspecified atom stereocenters. The summed E-state index contributed by atoms with van der Waals surface area (Å²) in [6, 6.07) is 1.89. The number of hydrogen-bond acceptors (Lipinski definition) is 6. The predicted octanol–water partition coefficient (Wildman–Crippen LogP) is 2.84. The lowest BCUT2D eigenvalue weighted by atomic mass is 9.96.